The van der Waals surface area contributed by atoms with Crippen LogP contribution in [0.1, 0.15) is 42.0 Å². The summed E-state index contributed by atoms with van der Waals surface area (Å²) in [5.74, 6) is 0.806. The van der Waals surface area contributed by atoms with Gasteiger partial charge < -0.3 is 9.84 Å². The van der Waals surface area contributed by atoms with Gasteiger partial charge in [-0.3, -0.25) is 4.68 Å². The first-order chi connectivity index (χ1) is 10.1. The second-order valence-corrected chi connectivity index (χ2v) is 5.74. The zero-order chi connectivity index (χ0) is 15.0. The summed E-state index contributed by atoms with van der Waals surface area (Å²) in [6.07, 6.45) is 1.38. The average Bonchev–Trinajstić information content (AvgIpc) is 2.98. The number of aromatic nitrogens is 2. The Morgan fingerprint density at radius 2 is 2.29 bits per heavy atom. The quantitative estimate of drug-likeness (QED) is 0.941. The minimum atomic E-state index is -0.326. The second-order valence-electron chi connectivity index (χ2n) is 5.37. The molecule has 0 radical (unpaired) electrons. The molecule has 1 N–H and O–H groups in total. The summed E-state index contributed by atoms with van der Waals surface area (Å²) in [6, 6.07) is 5.87. The third kappa shape index (κ3) is 2.65. The van der Waals surface area contributed by atoms with Gasteiger partial charge in [0.05, 0.1) is 22.5 Å². The van der Waals surface area contributed by atoms with Crippen molar-refractivity contribution >= 4 is 11.6 Å². The van der Waals surface area contributed by atoms with Gasteiger partial charge in [-0.15, -0.1) is 0 Å². The number of aliphatic hydroxyl groups excluding tert-OH is 1. The Bertz CT molecular complexity index is 667. The summed E-state index contributed by atoms with van der Waals surface area (Å²) in [4.78, 5) is 0. The van der Waals surface area contributed by atoms with Crippen LogP contribution in [0, 0.1) is 6.92 Å². The molecule has 4 nitrogen and oxygen atoms in total. The monoisotopic (exact) mass is 306 g/mol. The van der Waals surface area contributed by atoms with Crippen LogP contribution in [0.3, 0.4) is 0 Å². The molecule has 0 unspecified atom stereocenters. The fourth-order valence-electron chi connectivity index (χ4n) is 2.82. The lowest BCUT2D eigenvalue weighted by Crippen LogP contribution is -2.06. The summed E-state index contributed by atoms with van der Waals surface area (Å²) in [5, 5.41) is 14.9. The number of benzene rings is 1. The summed E-state index contributed by atoms with van der Waals surface area (Å²) >= 11 is 6.28. The van der Waals surface area contributed by atoms with E-state index < -0.39 is 0 Å². The van der Waals surface area contributed by atoms with Gasteiger partial charge in [0.1, 0.15) is 12.4 Å². The molecular formula is C16H19ClN2O2. The van der Waals surface area contributed by atoms with Gasteiger partial charge >= 0.3 is 0 Å². The molecule has 0 saturated carbocycles. The van der Waals surface area contributed by atoms with E-state index in [0.717, 1.165) is 42.1 Å². The van der Waals surface area contributed by atoms with E-state index in [-0.39, 0.29) is 6.10 Å². The van der Waals surface area contributed by atoms with Crippen LogP contribution >= 0.6 is 11.6 Å². The molecule has 2 aromatic rings. The van der Waals surface area contributed by atoms with Crippen LogP contribution in [0.5, 0.6) is 5.75 Å². The van der Waals surface area contributed by atoms with Crippen LogP contribution in [0.2, 0.25) is 5.02 Å². The molecule has 1 atom stereocenters. The fourth-order valence-corrected chi connectivity index (χ4v) is 3.01. The standard InChI is InChI=1S/C16H19ClN2O2/c1-3-19-14(16(17)10(2)18-19)9-21-12-5-6-13-11(8-12)4-7-15(13)20/h5-6,8,15,20H,3-4,7,9H2,1-2H3/t15-/m1/s1. The summed E-state index contributed by atoms with van der Waals surface area (Å²) < 4.78 is 7.73. The van der Waals surface area contributed by atoms with E-state index in [1.165, 1.54) is 5.56 Å². The first kappa shape index (κ1) is 14.4. The molecule has 1 heterocycles. The van der Waals surface area contributed by atoms with Gasteiger partial charge in [0.15, 0.2) is 0 Å². The predicted molar refractivity (Wildman–Crippen MR) is 81.7 cm³/mol. The first-order valence-corrected chi connectivity index (χ1v) is 7.63. The average molecular weight is 307 g/mol. The van der Waals surface area contributed by atoms with Gasteiger partial charge in [0.25, 0.3) is 0 Å². The van der Waals surface area contributed by atoms with Gasteiger partial charge in [0.2, 0.25) is 0 Å². The minimum Gasteiger partial charge on any atom is -0.487 e. The Kier molecular flexibility index (Phi) is 3.91. The number of nitrogens with zero attached hydrogens (tertiary/aromatic N) is 2. The molecule has 0 bridgehead atoms. The molecule has 112 valence electrons. The smallest absolute Gasteiger partial charge is 0.131 e. The van der Waals surface area contributed by atoms with Gasteiger partial charge in [-0.05, 0) is 49.9 Å². The van der Waals surface area contributed by atoms with E-state index in [0.29, 0.717) is 11.6 Å². The highest BCUT2D eigenvalue weighted by Crippen LogP contribution is 2.33. The fraction of sp³-hybridized carbons (Fsp3) is 0.438. The van der Waals surface area contributed by atoms with Crippen molar-refractivity contribution in [2.75, 3.05) is 0 Å². The van der Waals surface area contributed by atoms with Crippen molar-refractivity contribution in [1.29, 1.82) is 0 Å². The molecule has 3 rings (SSSR count). The number of hydrogen-bond donors (Lipinski definition) is 1. The van der Waals surface area contributed by atoms with Crippen molar-refractivity contribution in [2.24, 2.45) is 0 Å². The van der Waals surface area contributed by atoms with Crippen LogP contribution in [0.4, 0.5) is 0 Å². The van der Waals surface area contributed by atoms with Gasteiger partial charge in [-0.1, -0.05) is 17.7 Å². The molecule has 0 spiro atoms. The van der Waals surface area contributed by atoms with E-state index in [4.69, 9.17) is 16.3 Å². The third-order valence-electron chi connectivity index (χ3n) is 3.99. The van der Waals surface area contributed by atoms with Crippen molar-refractivity contribution < 1.29 is 9.84 Å². The molecular weight excluding hydrogens is 288 g/mol. The largest absolute Gasteiger partial charge is 0.487 e. The highest BCUT2D eigenvalue weighted by atomic mass is 35.5. The number of ether oxygens (including phenoxy) is 1. The summed E-state index contributed by atoms with van der Waals surface area (Å²) in [5.41, 5.74) is 3.92. The maximum atomic E-state index is 9.82. The van der Waals surface area contributed by atoms with Crippen molar-refractivity contribution in [3.63, 3.8) is 0 Å². The SMILES string of the molecule is CCn1nc(C)c(Cl)c1COc1ccc2c(c1)CC[C@H]2O. The number of hydrogen-bond acceptors (Lipinski definition) is 3. The molecule has 5 heteroatoms. The zero-order valence-electron chi connectivity index (χ0n) is 12.3. The lowest BCUT2D eigenvalue weighted by Gasteiger charge is -2.10. The molecule has 0 amide bonds. The number of fused-ring (bicyclic) bond motifs is 1. The van der Waals surface area contributed by atoms with Crippen molar-refractivity contribution in [1.82, 2.24) is 9.78 Å². The lowest BCUT2D eigenvalue weighted by molar-refractivity contribution is 0.180. The lowest BCUT2D eigenvalue weighted by atomic mass is 10.1. The Labute approximate surface area is 129 Å². The number of rotatable bonds is 4. The van der Waals surface area contributed by atoms with Crippen LogP contribution in [-0.2, 0) is 19.6 Å². The first-order valence-electron chi connectivity index (χ1n) is 7.25. The molecule has 0 saturated heterocycles. The topological polar surface area (TPSA) is 47.3 Å². The third-order valence-corrected chi connectivity index (χ3v) is 4.48. The predicted octanol–water partition coefficient (Wildman–Crippen LogP) is 3.42. The van der Waals surface area contributed by atoms with Gasteiger partial charge in [0, 0.05) is 6.54 Å². The molecule has 1 aromatic heterocycles. The normalized spacial score (nSPS) is 17.0. The highest BCUT2D eigenvalue weighted by molar-refractivity contribution is 6.31. The van der Waals surface area contributed by atoms with Crippen LogP contribution in [0.15, 0.2) is 18.2 Å². The van der Waals surface area contributed by atoms with E-state index in [2.05, 4.69) is 5.10 Å². The number of aryl methyl sites for hydroxylation is 3. The van der Waals surface area contributed by atoms with Gasteiger partial charge in [-0.25, -0.2) is 0 Å². The van der Waals surface area contributed by atoms with Crippen LogP contribution < -0.4 is 4.74 Å². The molecule has 1 aliphatic rings. The maximum Gasteiger partial charge on any atom is 0.131 e. The van der Waals surface area contributed by atoms with E-state index in [1.807, 2.05) is 36.7 Å². The summed E-state index contributed by atoms with van der Waals surface area (Å²) in [6.45, 7) is 5.09. The summed E-state index contributed by atoms with van der Waals surface area (Å²) in [7, 11) is 0. The number of halogens is 1. The molecule has 1 aliphatic carbocycles. The van der Waals surface area contributed by atoms with Crippen molar-refractivity contribution in [3.8, 4) is 5.75 Å². The number of aliphatic hydroxyl groups is 1. The zero-order valence-corrected chi connectivity index (χ0v) is 13.0. The Hall–Kier alpha value is -1.52. The molecule has 21 heavy (non-hydrogen) atoms. The highest BCUT2D eigenvalue weighted by Gasteiger charge is 2.20. The minimum absolute atomic E-state index is 0.326. The molecule has 0 fully saturated rings. The Morgan fingerprint density at radius 1 is 1.48 bits per heavy atom. The van der Waals surface area contributed by atoms with E-state index in [1.54, 1.807) is 0 Å². The van der Waals surface area contributed by atoms with Crippen molar-refractivity contribution in [3.05, 3.63) is 45.7 Å². The maximum absolute atomic E-state index is 9.82. The van der Waals surface area contributed by atoms with E-state index in [9.17, 15) is 5.11 Å². The Balaban J connectivity index is 1.77. The molecule has 0 aliphatic heterocycles. The van der Waals surface area contributed by atoms with E-state index >= 15 is 0 Å². The second kappa shape index (κ2) is 5.70. The molecule has 1 aromatic carbocycles. The Morgan fingerprint density at radius 3 is 3.05 bits per heavy atom. The van der Waals surface area contributed by atoms with Crippen LogP contribution in [-0.4, -0.2) is 14.9 Å². The van der Waals surface area contributed by atoms with Crippen molar-refractivity contribution in [2.45, 2.75) is 45.9 Å². The van der Waals surface area contributed by atoms with Crippen LogP contribution in [0.25, 0.3) is 0 Å². The van der Waals surface area contributed by atoms with Gasteiger partial charge in [-0.2, -0.15) is 5.10 Å².